The van der Waals surface area contributed by atoms with Crippen LogP contribution in [0.5, 0.6) is 5.75 Å². The molecule has 1 aliphatic carbocycles. The van der Waals surface area contributed by atoms with Crippen LogP contribution < -0.4 is 4.74 Å². The van der Waals surface area contributed by atoms with E-state index in [9.17, 15) is 9.59 Å². The average Bonchev–Trinajstić information content (AvgIpc) is 3.23. The summed E-state index contributed by atoms with van der Waals surface area (Å²) in [6, 6.07) is 19.8. The smallest absolute Gasteiger partial charge is 0.340 e. The van der Waals surface area contributed by atoms with Gasteiger partial charge in [-0.25, -0.2) is 9.59 Å². The fourth-order valence-electron chi connectivity index (χ4n) is 5.83. The van der Waals surface area contributed by atoms with Crippen molar-refractivity contribution in [3.8, 4) is 5.75 Å². The van der Waals surface area contributed by atoms with Crippen molar-refractivity contribution >= 4 is 22.7 Å². The number of nitrogens with zero attached hydrogens (tertiary/aromatic N) is 1. The molecule has 38 heavy (non-hydrogen) atoms. The predicted molar refractivity (Wildman–Crippen MR) is 145 cm³/mol. The summed E-state index contributed by atoms with van der Waals surface area (Å²) in [6.45, 7) is 9.00. The average molecular weight is 508 g/mol. The molecule has 3 aliphatic rings. The van der Waals surface area contributed by atoms with Gasteiger partial charge in [-0.1, -0.05) is 68.1 Å². The fraction of sp³-hybridized carbons (Fsp3) is 0.250. The molecule has 2 aliphatic heterocycles. The summed E-state index contributed by atoms with van der Waals surface area (Å²) in [5.74, 6) is 0.646. The quantitative estimate of drug-likeness (QED) is 0.316. The van der Waals surface area contributed by atoms with Gasteiger partial charge in [-0.3, -0.25) is 4.90 Å². The Labute approximate surface area is 221 Å². The second-order valence-electron chi connectivity index (χ2n) is 9.87. The number of carbonyl (C=O) groups is 2. The lowest BCUT2D eigenvalue weighted by Crippen LogP contribution is -2.42. The van der Waals surface area contributed by atoms with Gasteiger partial charge in [0.2, 0.25) is 0 Å². The van der Waals surface area contributed by atoms with Crippen molar-refractivity contribution in [2.75, 3.05) is 19.7 Å². The van der Waals surface area contributed by atoms with Crippen molar-refractivity contribution in [3.63, 3.8) is 0 Å². The van der Waals surface area contributed by atoms with Crippen LogP contribution in [0.3, 0.4) is 0 Å². The van der Waals surface area contributed by atoms with Gasteiger partial charge in [-0.2, -0.15) is 0 Å². The molecule has 0 radical (unpaired) electrons. The molecule has 0 fully saturated rings. The Balaban J connectivity index is 1.44. The molecule has 2 atom stereocenters. The Bertz CT molecular complexity index is 1550. The van der Waals surface area contributed by atoms with Crippen molar-refractivity contribution < 1.29 is 23.8 Å². The Kier molecular flexibility index (Phi) is 5.92. The molecule has 0 N–H and O–H groups in total. The molecular weight excluding hydrogens is 478 g/mol. The maximum atomic E-state index is 13.2. The van der Waals surface area contributed by atoms with Gasteiger partial charge in [0.25, 0.3) is 0 Å². The van der Waals surface area contributed by atoms with Crippen molar-refractivity contribution in [3.05, 3.63) is 113 Å². The monoisotopic (exact) mass is 507 g/mol. The number of ether oxygens (including phenoxy) is 3. The van der Waals surface area contributed by atoms with Gasteiger partial charge >= 0.3 is 11.9 Å². The molecule has 2 unspecified atom stereocenters. The van der Waals surface area contributed by atoms with Crippen LogP contribution in [0.1, 0.15) is 41.8 Å². The molecule has 6 heteroatoms. The van der Waals surface area contributed by atoms with E-state index >= 15 is 0 Å². The third-order valence-electron chi connectivity index (χ3n) is 7.62. The summed E-state index contributed by atoms with van der Waals surface area (Å²) >= 11 is 0. The minimum atomic E-state index is -1.09. The lowest BCUT2D eigenvalue weighted by molar-refractivity contribution is -0.139. The third-order valence-corrected chi connectivity index (χ3v) is 7.62. The van der Waals surface area contributed by atoms with E-state index in [0.717, 1.165) is 34.0 Å². The Morgan fingerprint density at radius 1 is 1.13 bits per heavy atom. The lowest BCUT2D eigenvalue weighted by atomic mass is 9.73. The molecule has 0 saturated carbocycles. The summed E-state index contributed by atoms with van der Waals surface area (Å²) < 4.78 is 18.3. The van der Waals surface area contributed by atoms with E-state index < -0.39 is 5.60 Å². The van der Waals surface area contributed by atoms with E-state index in [0.29, 0.717) is 35.6 Å². The Morgan fingerprint density at radius 2 is 1.92 bits per heavy atom. The van der Waals surface area contributed by atoms with Crippen LogP contribution in [-0.2, 0) is 19.9 Å². The van der Waals surface area contributed by atoms with Crippen LogP contribution in [0, 0.1) is 0 Å². The SMILES string of the molecule is C=C(C)C(=O)OCCN(CC)C1C=C2Oc3ccc4ccccc4c3C3(OC(=O)c4ccccc43)C2=CC1. The van der Waals surface area contributed by atoms with E-state index in [-0.39, 0.29) is 24.6 Å². The topological polar surface area (TPSA) is 65.1 Å². The highest BCUT2D eigenvalue weighted by molar-refractivity contribution is 6.00. The minimum Gasteiger partial charge on any atom is -0.461 e. The largest absolute Gasteiger partial charge is 0.461 e. The molecule has 2 heterocycles. The molecule has 0 bridgehead atoms. The van der Waals surface area contributed by atoms with Gasteiger partial charge in [0, 0.05) is 29.3 Å². The summed E-state index contributed by atoms with van der Waals surface area (Å²) in [4.78, 5) is 27.3. The number of rotatable bonds is 6. The molecule has 1 spiro atoms. The van der Waals surface area contributed by atoms with E-state index in [1.165, 1.54) is 0 Å². The molecule has 0 amide bonds. The van der Waals surface area contributed by atoms with Gasteiger partial charge < -0.3 is 14.2 Å². The van der Waals surface area contributed by atoms with Gasteiger partial charge in [-0.05, 0) is 48.9 Å². The van der Waals surface area contributed by atoms with E-state index in [1.54, 1.807) is 6.92 Å². The molecule has 192 valence electrons. The predicted octanol–water partition coefficient (Wildman–Crippen LogP) is 5.67. The zero-order valence-corrected chi connectivity index (χ0v) is 21.5. The van der Waals surface area contributed by atoms with E-state index in [4.69, 9.17) is 14.2 Å². The molecule has 6 nitrogen and oxygen atoms in total. The Hall–Kier alpha value is -4.16. The molecule has 6 rings (SSSR count). The van der Waals surface area contributed by atoms with Crippen molar-refractivity contribution in [2.45, 2.75) is 31.9 Å². The fourth-order valence-corrected chi connectivity index (χ4v) is 5.83. The van der Waals surface area contributed by atoms with Gasteiger partial charge in [0.05, 0.1) is 11.1 Å². The number of esters is 2. The van der Waals surface area contributed by atoms with Crippen molar-refractivity contribution in [1.29, 1.82) is 0 Å². The first-order valence-electron chi connectivity index (χ1n) is 13.0. The number of hydrogen-bond donors (Lipinski definition) is 0. The second-order valence-corrected chi connectivity index (χ2v) is 9.87. The first-order valence-corrected chi connectivity index (χ1v) is 13.0. The highest BCUT2D eigenvalue weighted by Gasteiger charge is 2.56. The summed E-state index contributed by atoms with van der Waals surface area (Å²) in [5, 5.41) is 2.05. The van der Waals surface area contributed by atoms with Crippen LogP contribution in [0.25, 0.3) is 10.8 Å². The third kappa shape index (κ3) is 3.67. The number of fused-ring (bicyclic) bond motifs is 8. The van der Waals surface area contributed by atoms with Crippen molar-refractivity contribution in [2.24, 2.45) is 0 Å². The van der Waals surface area contributed by atoms with Gasteiger partial charge in [0.1, 0.15) is 18.1 Å². The first-order chi connectivity index (χ1) is 18.4. The molecule has 0 saturated heterocycles. The van der Waals surface area contributed by atoms with E-state index in [1.807, 2.05) is 48.5 Å². The highest BCUT2D eigenvalue weighted by atomic mass is 16.6. The number of benzene rings is 3. The van der Waals surface area contributed by atoms with E-state index in [2.05, 4.69) is 42.7 Å². The standard InChI is InChI=1S/C32H29NO5/c1-4-33(17-18-36-30(34)20(2)3)22-14-15-26-28(19-22)37-27-16-13-21-9-5-6-10-23(21)29(27)32(26)25-12-8-7-11-24(25)31(35)38-32/h5-13,15-16,19,22H,2,4,14,17-18H2,1,3H3. The summed E-state index contributed by atoms with van der Waals surface area (Å²) in [5.41, 5.74) is 2.41. The van der Waals surface area contributed by atoms with Gasteiger partial charge in [0.15, 0.2) is 5.60 Å². The maximum Gasteiger partial charge on any atom is 0.340 e. The number of hydrogen-bond acceptors (Lipinski definition) is 6. The number of likely N-dealkylation sites (N-methyl/N-ethyl adjacent to an activating group) is 1. The molecule has 0 aromatic heterocycles. The zero-order valence-electron chi connectivity index (χ0n) is 21.5. The first kappa shape index (κ1) is 24.2. The summed E-state index contributed by atoms with van der Waals surface area (Å²) in [7, 11) is 0. The van der Waals surface area contributed by atoms with Crippen LogP contribution in [0.2, 0.25) is 0 Å². The maximum absolute atomic E-state index is 13.2. The number of carbonyl (C=O) groups excluding carboxylic acids is 2. The van der Waals surface area contributed by atoms with Crippen LogP contribution >= 0.6 is 0 Å². The highest BCUT2D eigenvalue weighted by Crippen LogP contribution is 2.57. The molecule has 3 aromatic rings. The zero-order chi connectivity index (χ0) is 26.4. The van der Waals surface area contributed by atoms with Crippen LogP contribution in [-0.4, -0.2) is 42.6 Å². The normalized spacial score (nSPS) is 21.1. The van der Waals surface area contributed by atoms with Crippen LogP contribution in [0.4, 0.5) is 0 Å². The second kappa shape index (κ2) is 9.30. The molecule has 3 aromatic carbocycles. The lowest BCUT2D eigenvalue weighted by Gasteiger charge is -2.42. The van der Waals surface area contributed by atoms with Gasteiger partial charge in [-0.15, -0.1) is 0 Å². The minimum absolute atomic E-state index is 0.0358. The Morgan fingerprint density at radius 3 is 2.74 bits per heavy atom. The summed E-state index contributed by atoms with van der Waals surface area (Å²) in [6.07, 6.45) is 4.95. The molecular formula is C32H29NO5. The van der Waals surface area contributed by atoms with Crippen LogP contribution in [0.15, 0.2) is 96.3 Å². The van der Waals surface area contributed by atoms with Crippen molar-refractivity contribution in [1.82, 2.24) is 4.90 Å².